The van der Waals surface area contributed by atoms with Crippen LogP contribution in [0.2, 0.25) is 0 Å². The van der Waals surface area contributed by atoms with Crippen molar-refractivity contribution in [3.05, 3.63) is 76.5 Å². The average Bonchev–Trinajstić information content (AvgIpc) is 3.24. The Bertz CT molecular complexity index is 1010. The first-order valence-corrected chi connectivity index (χ1v) is 10.9. The Balaban J connectivity index is 1.58. The summed E-state index contributed by atoms with van der Waals surface area (Å²) in [6.45, 7) is 3.29. The fourth-order valence-corrected chi connectivity index (χ4v) is 4.03. The average molecular weight is 432 g/mol. The van der Waals surface area contributed by atoms with E-state index in [2.05, 4.69) is 45.4 Å². The molecule has 1 fully saturated rings. The van der Waals surface area contributed by atoms with Crippen molar-refractivity contribution in [2.24, 2.45) is 10.2 Å². The highest BCUT2D eigenvalue weighted by Gasteiger charge is 2.25. The van der Waals surface area contributed by atoms with Crippen LogP contribution in [-0.2, 0) is 4.74 Å². The minimum Gasteiger partial charge on any atom is -0.497 e. The Morgan fingerprint density at radius 1 is 0.844 bits per heavy atom. The molecule has 0 spiro atoms. The molecule has 32 heavy (non-hydrogen) atoms. The maximum absolute atomic E-state index is 5.57. The number of nitrogens with zero attached hydrogens (tertiary/aromatic N) is 3. The lowest BCUT2D eigenvalue weighted by atomic mass is 10.1. The summed E-state index contributed by atoms with van der Waals surface area (Å²) < 4.78 is 16.2. The SMILES string of the molecule is COc1cc(C=NN=CC2=C(N3CCOCC3)/C(=C\c3ccccc3)CC2)cc(OC)c1. The highest BCUT2D eigenvalue weighted by atomic mass is 16.5. The summed E-state index contributed by atoms with van der Waals surface area (Å²) in [5, 5.41) is 8.65. The largest absolute Gasteiger partial charge is 0.497 e. The number of ether oxygens (including phenoxy) is 3. The molecule has 0 N–H and O–H groups in total. The molecule has 0 atom stereocenters. The lowest BCUT2D eigenvalue weighted by molar-refractivity contribution is 0.0548. The lowest BCUT2D eigenvalue weighted by Gasteiger charge is -2.31. The van der Waals surface area contributed by atoms with E-state index in [0.717, 1.165) is 56.2 Å². The summed E-state index contributed by atoms with van der Waals surface area (Å²) in [4.78, 5) is 2.42. The Labute approximate surface area is 189 Å². The lowest BCUT2D eigenvalue weighted by Crippen LogP contribution is -2.36. The number of allylic oxidation sites excluding steroid dienone is 2. The standard InChI is InChI=1S/C26H29N3O3/c1-30-24-15-21(16-25(17-24)31-2)18-27-28-19-23-9-8-22(14-20-6-4-3-5-7-20)26(23)29-10-12-32-13-11-29/h3-7,14-19H,8-13H2,1-2H3/b22-14-,27-18?,28-19?. The fraction of sp³-hybridized carbons (Fsp3) is 0.308. The van der Waals surface area contributed by atoms with E-state index in [-0.39, 0.29) is 0 Å². The van der Waals surface area contributed by atoms with Gasteiger partial charge in [0.25, 0.3) is 0 Å². The molecule has 4 rings (SSSR count). The molecule has 0 saturated carbocycles. The van der Waals surface area contributed by atoms with Gasteiger partial charge in [0.05, 0.1) is 39.9 Å². The van der Waals surface area contributed by atoms with Gasteiger partial charge >= 0.3 is 0 Å². The molecule has 0 unspecified atom stereocenters. The van der Waals surface area contributed by atoms with Crippen LogP contribution in [0.5, 0.6) is 11.5 Å². The predicted molar refractivity (Wildman–Crippen MR) is 129 cm³/mol. The topological polar surface area (TPSA) is 55.7 Å². The molecule has 1 aliphatic carbocycles. The summed E-state index contributed by atoms with van der Waals surface area (Å²) in [6.07, 6.45) is 7.85. The van der Waals surface area contributed by atoms with Crippen LogP contribution >= 0.6 is 0 Å². The first kappa shape index (κ1) is 21.8. The number of rotatable bonds is 7. The second kappa shape index (κ2) is 10.8. The van der Waals surface area contributed by atoms with Crippen LogP contribution in [0.15, 0.2) is 75.6 Å². The van der Waals surface area contributed by atoms with Crippen molar-refractivity contribution in [3.8, 4) is 11.5 Å². The quantitative estimate of drug-likeness (QED) is 0.476. The number of morpholine rings is 1. The first-order valence-electron chi connectivity index (χ1n) is 10.9. The molecular formula is C26H29N3O3. The van der Waals surface area contributed by atoms with Gasteiger partial charge in [-0.15, -0.1) is 0 Å². The highest BCUT2D eigenvalue weighted by molar-refractivity contribution is 5.85. The Kier molecular flexibility index (Phi) is 7.35. The molecule has 0 amide bonds. The van der Waals surface area contributed by atoms with Gasteiger partial charge < -0.3 is 19.1 Å². The summed E-state index contributed by atoms with van der Waals surface area (Å²) in [7, 11) is 3.27. The third-order valence-electron chi connectivity index (χ3n) is 5.60. The zero-order valence-corrected chi connectivity index (χ0v) is 18.7. The van der Waals surface area contributed by atoms with E-state index in [1.807, 2.05) is 30.5 Å². The minimum atomic E-state index is 0.721. The van der Waals surface area contributed by atoms with E-state index in [1.165, 1.54) is 22.4 Å². The Morgan fingerprint density at radius 2 is 1.53 bits per heavy atom. The summed E-state index contributed by atoms with van der Waals surface area (Å²) in [6, 6.07) is 16.1. The molecule has 0 radical (unpaired) electrons. The van der Waals surface area contributed by atoms with Crippen molar-refractivity contribution in [3.63, 3.8) is 0 Å². The molecule has 2 aromatic rings. The monoisotopic (exact) mass is 431 g/mol. The van der Waals surface area contributed by atoms with E-state index in [9.17, 15) is 0 Å². The van der Waals surface area contributed by atoms with Crippen molar-refractivity contribution in [1.29, 1.82) is 0 Å². The smallest absolute Gasteiger partial charge is 0.123 e. The van der Waals surface area contributed by atoms with E-state index >= 15 is 0 Å². The van der Waals surface area contributed by atoms with E-state index < -0.39 is 0 Å². The normalized spacial score (nSPS) is 18.3. The molecule has 2 aliphatic rings. The molecule has 1 aliphatic heterocycles. The van der Waals surface area contributed by atoms with Gasteiger partial charge in [-0.25, -0.2) is 0 Å². The van der Waals surface area contributed by atoms with Gasteiger partial charge in [0.1, 0.15) is 11.5 Å². The van der Waals surface area contributed by atoms with Gasteiger partial charge in [0, 0.05) is 30.4 Å². The van der Waals surface area contributed by atoms with Crippen molar-refractivity contribution < 1.29 is 14.2 Å². The first-order chi connectivity index (χ1) is 15.8. The third-order valence-corrected chi connectivity index (χ3v) is 5.60. The zero-order valence-electron chi connectivity index (χ0n) is 18.7. The van der Waals surface area contributed by atoms with Crippen molar-refractivity contribution in [2.45, 2.75) is 12.8 Å². The van der Waals surface area contributed by atoms with E-state index in [0.29, 0.717) is 0 Å². The molecule has 6 heteroatoms. The van der Waals surface area contributed by atoms with Crippen LogP contribution in [0, 0.1) is 0 Å². The number of benzene rings is 2. The third kappa shape index (κ3) is 5.45. The maximum Gasteiger partial charge on any atom is 0.123 e. The van der Waals surface area contributed by atoms with Crippen LogP contribution in [0.25, 0.3) is 6.08 Å². The molecule has 1 saturated heterocycles. The molecule has 1 heterocycles. The zero-order chi connectivity index (χ0) is 22.2. The van der Waals surface area contributed by atoms with Crippen molar-refractivity contribution in [1.82, 2.24) is 4.90 Å². The molecule has 0 bridgehead atoms. The van der Waals surface area contributed by atoms with Gasteiger partial charge in [-0.2, -0.15) is 10.2 Å². The Hall–Kier alpha value is -3.38. The van der Waals surface area contributed by atoms with Gasteiger partial charge in [-0.3, -0.25) is 0 Å². The van der Waals surface area contributed by atoms with Crippen LogP contribution in [0.1, 0.15) is 24.0 Å². The van der Waals surface area contributed by atoms with E-state index in [1.54, 1.807) is 20.4 Å². The second-order valence-corrected chi connectivity index (χ2v) is 7.69. The molecular weight excluding hydrogens is 402 g/mol. The maximum atomic E-state index is 5.57. The van der Waals surface area contributed by atoms with E-state index in [4.69, 9.17) is 14.2 Å². The molecule has 6 nitrogen and oxygen atoms in total. The van der Waals surface area contributed by atoms with Crippen LogP contribution in [0.3, 0.4) is 0 Å². The second-order valence-electron chi connectivity index (χ2n) is 7.69. The molecule has 0 aromatic heterocycles. The number of hydrogen-bond acceptors (Lipinski definition) is 6. The minimum absolute atomic E-state index is 0.721. The van der Waals surface area contributed by atoms with Gasteiger partial charge in [0.15, 0.2) is 0 Å². The van der Waals surface area contributed by atoms with Gasteiger partial charge in [0.2, 0.25) is 0 Å². The van der Waals surface area contributed by atoms with Crippen LogP contribution < -0.4 is 9.47 Å². The fourth-order valence-electron chi connectivity index (χ4n) is 4.03. The van der Waals surface area contributed by atoms with Crippen LogP contribution in [-0.4, -0.2) is 57.9 Å². The van der Waals surface area contributed by atoms with Crippen LogP contribution in [0.4, 0.5) is 0 Å². The summed E-state index contributed by atoms with van der Waals surface area (Å²) in [5.41, 5.74) is 5.93. The summed E-state index contributed by atoms with van der Waals surface area (Å²) in [5.74, 6) is 1.44. The molecule has 166 valence electrons. The number of methoxy groups -OCH3 is 2. The van der Waals surface area contributed by atoms with Crippen molar-refractivity contribution >= 4 is 18.5 Å². The Morgan fingerprint density at radius 3 is 2.22 bits per heavy atom. The molecule has 2 aromatic carbocycles. The van der Waals surface area contributed by atoms with Crippen molar-refractivity contribution in [2.75, 3.05) is 40.5 Å². The predicted octanol–water partition coefficient (Wildman–Crippen LogP) is 4.57. The van der Waals surface area contributed by atoms with Gasteiger partial charge in [-0.1, -0.05) is 30.3 Å². The highest BCUT2D eigenvalue weighted by Crippen LogP contribution is 2.35. The summed E-state index contributed by atoms with van der Waals surface area (Å²) >= 11 is 0. The number of hydrogen-bond donors (Lipinski definition) is 0. The van der Waals surface area contributed by atoms with Gasteiger partial charge in [-0.05, 0) is 47.8 Å².